The molecule has 0 heterocycles. The van der Waals surface area contributed by atoms with Gasteiger partial charge in [-0.05, 0) is 23.8 Å². The highest BCUT2D eigenvalue weighted by atomic mass is 35.5. The Morgan fingerprint density at radius 3 is 2.65 bits per heavy atom. The molecule has 0 saturated carbocycles. The number of nitrogen functional groups attached to an aromatic ring is 1. The van der Waals surface area contributed by atoms with Crippen LogP contribution in [0.2, 0.25) is 5.02 Å². The van der Waals surface area contributed by atoms with Crippen LogP contribution >= 0.6 is 11.6 Å². The number of benzene rings is 2. The summed E-state index contributed by atoms with van der Waals surface area (Å²) in [7, 11) is 0. The van der Waals surface area contributed by atoms with E-state index in [1.165, 1.54) is 0 Å². The van der Waals surface area contributed by atoms with Gasteiger partial charge in [-0.1, -0.05) is 41.9 Å². The van der Waals surface area contributed by atoms with Crippen LogP contribution in [-0.2, 0) is 0 Å². The van der Waals surface area contributed by atoms with Crippen LogP contribution in [0.3, 0.4) is 0 Å². The molecule has 0 saturated heterocycles. The Bertz CT molecular complexity index is 523. The van der Waals surface area contributed by atoms with E-state index in [0.717, 1.165) is 5.56 Å². The molecule has 3 N–H and O–H groups in total. The average Bonchev–Trinajstić information content (AvgIpc) is 2.35. The average molecular weight is 246 g/mol. The Morgan fingerprint density at radius 2 is 1.88 bits per heavy atom. The van der Waals surface area contributed by atoms with E-state index in [1.54, 1.807) is 24.4 Å². The molecule has 0 aromatic heterocycles. The van der Waals surface area contributed by atoms with E-state index < -0.39 is 0 Å². The number of nitrogens with two attached hydrogens (primary N) is 1. The minimum atomic E-state index is 0.611. The zero-order valence-electron chi connectivity index (χ0n) is 9.10. The molecule has 0 aliphatic carbocycles. The zero-order chi connectivity index (χ0) is 12.1. The third kappa shape index (κ3) is 3.23. The van der Waals surface area contributed by atoms with Crippen LogP contribution in [0.5, 0.6) is 0 Å². The lowest BCUT2D eigenvalue weighted by molar-refractivity contribution is 1.35. The van der Waals surface area contributed by atoms with E-state index in [2.05, 4.69) is 10.5 Å². The van der Waals surface area contributed by atoms with E-state index in [4.69, 9.17) is 17.3 Å². The molecule has 4 heteroatoms. The molecule has 2 rings (SSSR count). The third-order valence-electron chi connectivity index (χ3n) is 2.21. The van der Waals surface area contributed by atoms with Gasteiger partial charge in [0.25, 0.3) is 0 Å². The summed E-state index contributed by atoms with van der Waals surface area (Å²) in [5.74, 6) is 0. The Morgan fingerprint density at radius 1 is 1.12 bits per heavy atom. The van der Waals surface area contributed by atoms with E-state index in [9.17, 15) is 0 Å². The van der Waals surface area contributed by atoms with Gasteiger partial charge in [-0.15, -0.1) is 0 Å². The first-order valence-corrected chi connectivity index (χ1v) is 5.52. The lowest BCUT2D eigenvalue weighted by Gasteiger charge is -2.04. The smallest absolute Gasteiger partial charge is 0.0805 e. The number of hydrogen-bond acceptors (Lipinski definition) is 3. The molecule has 0 bridgehead atoms. The van der Waals surface area contributed by atoms with Crippen molar-refractivity contribution in [1.29, 1.82) is 0 Å². The van der Waals surface area contributed by atoms with E-state index in [0.29, 0.717) is 16.4 Å². The number of hydrazone groups is 1. The lowest BCUT2D eigenvalue weighted by atomic mass is 10.2. The van der Waals surface area contributed by atoms with Gasteiger partial charge in [0.2, 0.25) is 0 Å². The van der Waals surface area contributed by atoms with Gasteiger partial charge < -0.3 is 5.73 Å². The molecule has 0 unspecified atom stereocenters. The summed E-state index contributed by atoms with van der Waals surface area (Å²) in [6, 6.07) is 15.0. The van der Waals surface area contributed by atoms with Gasteiger partial charge in [0.15, 0.2) is 0 Å². The van der Waals surface area contributed by atoms with Crippen LogP contribution in [0.1, 0.15) is 5.56 Å². The topological polar surface area (TPSA) is 50.4 Å². The van der Waals surface area contributed by atoms with Crippen LogP contribution in [0.4, 0.5) is 11.4 Å². The Balaban J connectivity index is 2.07. The first kappa shape index (κ1) is 11.5. The van der Waals surface area contributed by atoms with Crippen molar-refractivity contribution in [3.05, 3.63) is 59.1 Å². The minimum absolute atomic E-state index is 0.611. The summed E-state index contributed by atoms with van der Waals surface area (Å²) in [4.78, 5) is 0. The van der Waals surface area contributed by atoms with E-state index >= 15 is 0 Å². The van der Waals surface area contributed by atoms with Crippen molar-refractivity contribution in [1.82, 2.24) is 0 Å². The Labute approximate surface area is 105 Å². The first-order chi connectivity index (χ1) is 8.25. The second kappa shape index (κ2) is 5.37. The van der Waals surface area contributed by atoms with E-state index in [1.807, 2.05) is 30.3 Å². The SMILES string of the molecule is Nc1ccc(Cl)cc1N/N=C/c1ccccc1. The second-order valence-corrected chi connectivity index (χ2v) is 3.95. The van der Waals surface area contributed by atoms with Crippen molar-refractivity contribution >= 4 is 29.2 Å². The lowest BCUT2D eigenvalue weighted by Crippen LogP contribution is -1.95. The number of halogens is 1. The molecular weight excluding hydrogens is 234 g/mol. The molecule has 0 aliphatic heterocycles. The molecule has 0 fully saturated rings. The van der Waals surface area contributed by atoms with Crippen LogP contribution < -0.4 is 11.2 Å². The zero-order valence-corrected chi connectivity index (χ0v) is 9.85. The summed E-state index contributed by atoms with van der Waals surface area (Å²) in [5.41, 5.74) is 11.0. The van der Waals surface area contributed by atoms with Crippen molar-refractivity contribution in [2.45, 2.75) is 0 Å². The fourth-order valence-corrected chi connectivity index (χ4v) is 1.51. The number of nitrogens with zero attached hydrogens (tertiary/aromatic N) is 1. The summed E-state index contributed by atoms with van der Waals surface area (Å²) >= 11 is 5.87. The highest BCUT2D eigenvalue weighted by Gasteiger charge is 1.97. The van der Waals surface area contributed by atoms with E-state index in [-0.39, 0.29) is 0 Å². The maximum absolute atomic E-state index is 5.87. The molecule has 86 valence electrons. The highest BCUT2D eigenvalue weighted by Crippen LogP contribution is 2.22. The largest absolute Gasteiger partial charge is 0.397 e. The molecule has 0 aliphatic rings. The van der Waals surface area contributed by atoms with Gasteiger partial charge in [0, 0.05) is 5.02 Å². The Kier molecular flexibility index (Phi) is 3.62. The number of hydrogen-bond donors (Lipinski definition) is 2. The fourth-order valence-electron chi connectivity index (χ4n) is 1.34. The normalized spacial score (nSPS) is 10.6. The molecule has 17 heavy (non-hydrogen) atoms. The number of nitrogens with one attached hydrogen (secondary N) is 1. The summed E-state index contributed by atoms with van der Waals surface area (Å²) in [6.07, 6.45) is 1.72. The quantitative estimate of drug-likeness (QED) is 0.495. The van der Waals surface area contributed by atoms with Gasteiger partial charge in [0.1, 0.15) is 0 Å². The fraction of sp³-hybridized carbons (Fsp3) is 0. The van der Waals surface area contributed by atoms with Gasteiger partial charge >= 0.3 is 0 Å². The standard InChI is InChI=1S/C13H12ClN3/c14-11-6-7-12(15)13(8-11)17-16-9-10-4-2-1-3-5-10/h1-9,17H,15H2/b16-9+. The predicted molar refractivity (Wildman–Crippen MR) is 73.5 cm³/mol. The van der Waals surface area contributed by atoms with Crippen LogP contribution in [0.15, 0.2) is 53.6 Å². The summed E-state index contributed by atoms with van der Waals surface area (Å²) in [6.45, 7) is 0. The molecular formula is C13H12ClN3. The predicted octanol–water partition coefficient (Wildman–Crippen LogP) is 3.37. The molecule has 3 nitrogen and oxygen atoms in total. The number of anilines is 2. The number of rotatable bonds is 3. The summed E-state index contributed by atoms with van der Waals surface area (Å²) < 4.78 is 0. The van der Waals surface area contributed by atoms with Crippen molar-refractivity contribution in [2.24, 2.45) is 5.10 Å². The van der Waals surface area contributed by atoms with Crippen LogP contribution in [0.25, 0.3) is 0 Å². The van der Waals surface area contributed by atoms with Gasteiger partial charge in [-0.25, -0.2) is 0 Å². The second-order valence-electron chi connectivity index (χ2n) is 3.51. The van der Waals surface area contributed by atoms with Crippen LogP contribution in [-0.4, -0.2) is 6.21 Å². The van der Waals surface area contributed by atoms with Gasteiger partial charge in [0.05, 0.1) is 17.6 Å². The molecule has 2 aromatic carbocycles. The third-order valence-corrected chi connectivity index (χ3v) is 2.45. The van der Waals surface area contributed by atoms with Crippen molar-refractivity contribution in [3.63, 3.8) is 0 Å². The highest BCUT2D eigenvalue weighted by molar-refractivity contribution is 6.31. The van der Waals surface area contributed by atoms with Crippen molar-refractivity contribution in [3.8, 4) is 0 Å². The van der Waals surface area contributed by atoms with Gasteiger partial charge in [-0.3, -0.25) is 5.43 Å². The maximum atomic E-state index is 5.87. The first-order valence-electron chi connectivity index (χ1n) is 5.15. The van der Waals surface area contributed by atoms with Crippen molar-refractivity contribution < 1.29 is 0 Å². The van der Waals surface area contributed by atoms with Gasteiger partial charge in [-0.2, -0.15) is 5.10 Å². The molecule has 0 spiro atoms. The molecule has 0 radical (unpaired) electrons. The monoisotopic (exact) mass is 245 g/mol. The molecule has 0 atom stereocenters. The summed E-state index contributed by atoms with van der Waals surface area (Å²) in [5, 5.41) is 4.72. The minimum Gasteiger partial charge on any atom is -0.397 e. The maximum Gasteiger partial charge on any atom is 0.0805 e. The molecule has 2 aromatic rings. The Hall–Kier alpha value is -2.00. The van der Waals surface area contributed by atoms with Crippen LogP contribution in [0, 0.1) is 0 Å². The van der Waals surface area contributed by atoms with Crippen molar-refractivity contribution in [2.75, 3.05) is 11.2 Å². The molecule has 0 amide bonds.